The third-order valence-electron chi connectivity index (χ3n) is 3.92. The predicted molar refractivity (Wildman–Crippen MR) is 122 cm³/mol. The van der Waals surface area contributed by atoms with Crippen molar-refractivity contribution in [3.05, 3.63) is 64.1 Å². The molecule has 0 atom stereocenters. The number of nitrogens with one attached hydrogen (secondary N) is 2. The molecule has 0 spiro atoms. The smallest absolute Gasteiger partial charge is 0.255 e. The Morgan fingerprint density at radius 1 is 1.20 bits per heavy atom. The van der Waals surface area contributed by atoms with Gasteiger partial charge < -0.3 is 10.1 Å². The number of rotatable bonds is 8. The normalized spacial score (nSPS) is 11.2. The van der Waals surface area contributed by atoms with E-state index in [2.05, 4.69) is 15.0 Å². The van der Waals surface area contributed by atoms with Crippen LogP contribution < -0.4 is 14.8 Å². The summed E-state index contributed by atoms with van der Waals surface area (Å²) in [5, 5.41) is 5.87. The van der Waals surface area contributed by atoms with E-state index in [1.165, 1.54) is 13.2 Å². The summed E-state index contributed by atoms with van der Waals surface area (Å²) in [6.07, 6.45) is 1.05. The minimum absolute atomic E-state index is 0.252. The van der Waals surface area contributed by atoms with Gasteiger partial charge in [0.05, 0.1) is 29.8 Å². The van der Waals surface area contributed by atoms with Crippen molar-refractivity contribution in [2.75, 3.05) is 23.4 Å². The SMILES string of the molecule is COc1ccc(NC(=O)c2ccc(SCc3csc(C)n3)cc2)cc1NS(C)(=O)=O. The second-order valence-corrected chi connectivity index (χ2v) is 10.3. The maximum Gasteiger partial charge on any atom is 0.255 e. The van der Waals surface area contributed by atoms with E-state index in [4.69, 9.17) is 4.74 Å². The van der Waals surface area contributed by atoms with E-state index in [0.29, 0.717) is 17.0 Å². The molecule has 0 aliphatic rings. The van der Waals surface area contributed by atoms with Crippen LogP contribution in [0.25, 0.3) is 0 Å². The number of aryl methyl sites for hydroxylation is 1. The van der Waals surface area contributed by atoms with Gasteiger partial charge in [0.1, 0.15) is 5.75 Å². The van der Waals surface area contributed by atoms with E-state index in [0.717, 1.165) is 27.6 Å². The minimum Gasteiger partial charge on any atom is -0.495 e. The number of thiazole rings is 1. The highest BCUT2D eigenvalue weighted by molar-refractivity contribution is 7.98. The number of anilines is 2. The van der Waals surface area contributed by atoms with E-state index < -0.39 is 10.0 Å². The predicted octanol–water partition coefficient (Wildman–Crippen LogP) is 4.38. The average Bonchev–Trinajstić information content (AvgIpc) is 3.11. The number of carbonyl (C=O) groups excluding carboxylic acids is 1. The number of sulfonamides is 1. The quantitative estimate of drug-likeness (QED) is 0.481. The number of carbonyl (C=O) groups is 1. The van der Waals surface area contributed by atoms with Crippen molar-refractivity contribution < 1.29 is 17.9 Å². The van der Waals surface area contributed by atoms with Crippen LogP contribution in [-0.4, -0.2) is 32.7 Å². The Balaban J connectivity index is 1.66. The molecular weight excluding hydrogens is 442 g/mol. The molecule has 2 N–H and O–H groups in total. The number of amides is 1. The number of nitrogens with zero attached hydrogens (tertiary/aromatic N) is 1. The average molecular weight is 464 g/mol. The maximum atomic E-state index is 12.6. The fraction of sp³-hybridized carbons (Fsp3) is 0.200. The highest BCUT2D eigenvalue weighted by Gasteiger charge is 2.12. The first-order chi connectivity index (χ1) is 14.2. The molecule has 158 valence electrons. The van der Waals surface area contributed by atoms with Crippen molar-refractivity contribution in [3.8, 4) is 5.75 Å². The molecule has 0 fully saturated rings. The van der Waals surface area contributed by atoms with Crippen LogP contribution in [0.5, 0.6) is 5.75 Å². The van der Waals surface area contributed by atoms with Crippen LogP contribution in [0.3, 0.4) is 0 Å². The Bertz CT molecular complexity index is 1140. The minimum atomic E-state index is -3.49. The van der Waals surface area contributed by atoms with Crippen molar-refractivity contribution in [2.45, 2.75) is 17.6 Å². The fourth-order valence-corrected chi connectivity index (χ4v) is 4.67. The van der Waals surface area contributed by atoms with Gasteiger partial charge in [-0.3, -0.25) is 9.52 Å². The molecule has 0 aliphatic carbocycles. The Hall–Kier alpha value is -2.56. The van der Waals surface area contributed by atoms with Gasteiger partial charge in [0.25, 0.3) is 5.91 Å². The third-order valence-corrected chi connectivity index (χ3v) is 6.38. The van der Waals surface area contributed by atoms with Crippen LogP contribution in [0.15, 0.2) is 52.7 Å². The lowest BCUT2D eigenvalue weighted by atomic mass is 10.2. The fourth-order valence-electron chi connectivity index (χ4n) is 2.60. The highest BCUT2D eigenvalue weighted by atomic mass is 32.2. The number of hydrogen-bond donors (Lipinski definition) is 2. The molecule has 0 saturated heterocycles. The third kappa shape index (κ3) is 6.22. The zero-order chi connectivity index (χ0) is 21.7. The Morgan fingerprint density at radius 2 is 1.93 bits per heavy atom. The zero-order valence-electron chi connectivity index (χ0n) is 16.6. The summed E-state index contributed by atoms with van der Waals surface area (Å²) in [5.41, 5.74) is 2.24. The maximum absolute atomic E-state index is 12.6. The van der Waals surface area contributed by atoms with Crippen LogP contribution >= 0.6 is 23.1 Å². The van der Waals surface area contributed by atoms with Crippen molar-refractivity contribution in [3.63, 3.8) is 0 Å². The van der Waals surface area contributed by atoms with Crippen molar-refractivity contribution in [1.29, 1.82) is 0 Å². The first-order valence-electron chi connectivity index (χ1n) is 8.84. The van der Waals surface area contributed by atoms with Crippen LogP contribution in [0.1, 0.15) is 21.1 Å². The van der Waals surface area contributed by atoms with E-state index in [-0.39, 0.29) is 11.6 Å². The lowest BCUT2D eigenvalue weighted by Gasteiger charge is -2.12. The lowest BCUT2D eigenvalue weighted by Crippen LogP contribution is -2.13. The van der Waals surface area contributed by atoms with Crippen LogP contribution in [-0.2, 0) is 15.8 Å². The van der Waals surface area contributed by atoms with Crippen LogP contribution in [0.2, 0.25) is 0 Å². The van der Waals surface area contributed by atoms with Gasteiger partial charge in [-0.1, -0.05) is 0 Å². The van der Waals surface area contributed by atoms with Crippen molar-refractivity contribution in [1.82, 2.24) is 4.98 Å². The molecule has 0 unspecified atom stereocenters. The molecular formula is C20H21N3O4S3. The topological polar surface area (TPSA) is 97.4 Å². The standard InChI is InChI=1S/C20H21N3O4S3/c1-13-21-16(11-28-13)12-29-17-7-4-14(5-8-17)20(24)22-15-6-9-19(27-2)18(10-15)23-30(3,25)26/h4-11,23H,12H2,1-3H3,(H,22,24). The number of benzene rings is 2. The van der Waals surface area contributed by atoms with Gasteiger partial charge in [-0.05, 0) is 49.4 Å². The lowest BCUT2D eigenvalue weighted by molar-refractivity contribution is 0.102. The first kappa shape index (κ1) is 22.1. The highest BCUT2D eigenvalue weighted by Crippen LogP contribution is 2.29. The molecule has 1 heterocycles. The molecule has 0 aliphatic heterocycles. The summed E-state index contributed by atoms with van der Waals surface area (Å²) in [7, 11) is -2.04. The van der Waals surface area contributed by atoms with Gasteiger partial charge in [0, 0.05) is 27.3 Å². The van der Waals surface area contributed by atoms with Crippen LogP contribution in [0.4, 0.5) is 11.4 Å². The Labute approximate surface area is 183 Å². The molecule has 0 radical (unpaired) electrons. The molecule has 2 aromatic carbocycles. The Morgan fingerprint density at radius 3 is 2.53 bits per heavy atom. The zero-order valence-corrected chi connectivity index (χ0v) is 19.1. The molecule has 10 heteroatoms. The number of hydrogen-bond acceptors (Lipinski definition) is 7. The molecule has 7 nitrogen and oxygen atoms in total. The van der Waals surface area contributed by atoms with Gasteiger partial charge in [-0.25, -0.2) is 13.4 Å². The molecule has 0 bridgehead atoms. The van der Waals surface area contributed by atoms with E-state index in [1.807, 2.05) is 24.4 Å². The summed E-state index contributed by atoms with van der Waals surface area (Å²) in [6.45, 7) is 1.98. The molecule has 0 saturated carbocycles. The van der Waals surface area contributed by atoms with Gasteiger partial charge in [0.15, 0.2) is 0 Å². The molecule has 3 rings (SSSR count). The Kier molecular flexibility index (Phi) is 7.01. The number of methoxy groups -OCH3 is 1. The number of ether oxygens (including phenoxy) is 1. The first-order valence-corrected chi connectivity index (χ1v) is 12.6. The summed E-state index contributed by atoms with van der Waals surface area (Å²) in [4.78, 5) is 18.0. The van der Waals surface area contributed by atoms with Gasteiger partial charge >= 0.3 is 0 Å². The van der Waals surface area contributed by atoms with E-state index >= 15 is 0 Å². The summed E-state index contributed by atoms with van der Waals surface area (Å²) in [5.74, 6) is 0.838. The molecule has 30 heavy (non-hydrogen) atoms. The van der Waals surface area contributed by atoms with Crippen molar-refractivity contribution >= 4 is 50.4 Å². The summed E-state index contributed by atoms with van der Waals surface area (Å²) < 4.78 is 30.6. The van der Waals surface area contributed by atoms with Crippen molar-refractivity contribution in [2.24, 2.45) is 0 Å². The van der Waals surface area contributed by atoms with E-state index in [9.17, 15) is 13.2 Å². The second kappa shape index (κ2) is 9.50. The van der Waals surface area contributed by atoms with Crippen LogP contribution in [0, 0.1) is 6.92 Å². The van der Waals surface area contributed by atoms with Gasteiger partial charge in [0.2, 0.25) is 10.0 Å². The largest absolute Gasteiger partial charge is 0.495 e. The number of aromatic nitrogens is 1. The van der Waals surface area contributed by atoms with E-state index in [1.54, 1.807) is 47.4 Å². The molecule has 1 amide bonds. The molecule has 1 aromatic heterocycles. The van der Waals surface area contributed by atoms with Gasteiger partial charge in [-0.2, -0.15) is 0 Å². The molecule has 3 aromatic rings. The number of thioether (sulfide) groups is 1. The monoisotopic (exact) mass is 463 g/mol. The summed E-state index contributed by atoms with van der Waals surface area (Å²) in [6, 6.07) is 12.0. The second-order valence-electron chi connectivity index (χ2n) is 6.41. The van der Waals surface area contributed by atoms with Gasteiger partial charge in [-0.15, -0.1) is 23.1 Å². The summed E-state index contributed by atoms with van der Waals surface area (Å²) >= 11 is 3.29.